The number of nitrogens with zero attached hydrogens (tertiary/aromatic N) is 10. The Bertz CT molecular complexity index is 5040. The lowest BCUT2D eigenvalue weighted by molar-refractivity contribution is 0.661. The van der Waals surface area contributed by atoms with Crippen LogP contribution in [0, 0.1) is 0 Å². The lowest BCUT2D eigenvalue weighted by Crippen LogP contribution is -2.16. The van der Waals surface area contributed by atoms with Gasteiger partial charge in [0.2, 0.25) is 23.1 Å². The summed E-state index contributed by atoms with van der Waals surface area (Å²) < 4.78 is 14.0. The number of aromatic nitrogens is 10. The van der Waals surface area contributed by atoms with Crippen LogP contribution in [0.15, 0.2) is 146 Å². The normalized spacial score (nSPS) is 15.3. The number of fused-ring (bicyclic) bond motifs is 28. The predicted octanol–water partition coefficient (Wildman–Crippen LogP) is 12.9. The molecule has 0 saturated carbocycles. The van der Waals surface area contributed by atoms with Gasteiger partial charge in [0.1, 0.15) is 11.0 Å². The molecular weight excluding hydrogens is 837 g/mol. The molecule has 0 bridgehead atoms. The molecule has 0 aliphatic heterocycles. The Morgan fingerprint density at radius 1 is 0.324 bits per heavy atom. The summed E-state index contributed by atoms with van der Waals surface area (Å²) in [5.74, 6) is 3.52. The summed E-state index contributed by atoms with van der Waals surface area (Å²) in [5.41, 5.74) is 27.4. The molecule has 8 heterocycles. The predicted molar refractivity (Wildman–Crippen MR) is 271 cm³/mol. The van der Waals surface area contributed by atoms with E-state index in [1.807, 2.05) is 0 Å². The quantitative estimate of drug-likeness (QED) is 0.165. The van der Waals surface area contributed by atoms with E-state index in [4.69, 9.17) is 19.9 Å². The van der Waals surface area contributed by atoms with E-state index in [2.05, 4.69) is 200 Å². The summed E-state index contributed by atoms with van der Waals surface area (Å²) in [5, 5.41) is 0. The van der Waals surface area contributed by atoms with E-state index < -0.39 is 0 Å². The summed E-state index contributed by atoms with van der Waals surface area (Å²) in [4.78, 5) is 21.5. The fourth-order valence-electron chi connectivity index (χ4n) is 13.6. The van der Waals surface area contributed by atoms with Gasteiger partial charge < -0.3 is 0 Å². The van der Waals surface area contributed by atoms with E-state index in [1.54, 1.807) is 0 Å². The van der Waals surface area contributed by atoms with Crippen LogP contribution in [0.5, 0.6) is 0 Å². The molecule has 68 heavy (non-hydrogen) atoms. The molecule has 0 fully saturated rings. The van der Waals surface area contributed by atoms with Crippen LogP contribution in [-0.2, 0) is 10.8 Å². The third kappa shape index (κ3) is 3.54. The number of benzene rings is 8. The highest BCUT2D eigenvalue weighted by Gasteiger charge is 2.42. The van der Waals surface area contributed by atoms with Crippen LogP contribution in [0.25, 0.3) is 134 Å². The van der Waals surface area contributed by atoms with E-state index in [9.17, 15) is 0 Å². The van der Waals surface area contributed by atoms with E-state index in [-0.39, 0.29) is 10.8 Å². The third-order valence-electron chi connectivity index (χ3n) is 16.4. The van der Waals surface area contributed by atoms with Crippen molar-refractivity contribution >= 4 is 100 Å². The summed E-state index contributed by atoms with van der Waals surface area (Å²) in [6, 6.07) is 53.3. The largest absolute Gasteiger partial charge is 0.276 e. The molecule has 16 aromatic rings. The van der Waals surface area contributed by atoms with Crippen LogP contribution < -0.4 is 0 Å². The second-order valence-electron chi connectivity index (χ2n) is 20.4. The Balaban J connectivity index is 0.945. The Morgan fingerprint density at radius 2 is 0.838 bits per heavy atom. The zero-order chi connectivity index (χ0) is 44.4. The van der Waals surface area contributed by atoms with Crippen LogP contribution in [0.2, 0.25) is 0 Å². The number of rotatable bonds is 1. The van der Waals surface area contributed by atoms with Crippen molar-refractivity contribution in [3.8, 4) is 33.4 Å². The van der Waals surface area contributed by atoms with Gasteiger partial charge in [0.25, 0.3) is 0 Å². The van der Waals surface area contributed by atoms with Crippen molar-refractivity contribution in [2.24, 2.45) is 0 Å². The zero-order valence-electron chi connectivity index (χ0n) is 37.3. The fourth-order valence-corrected chi connectivity index (χ4v) is 13.6. The van der Waals surface area contributed by atoms with Crippen molar-refractivity contribution in [3.63, 3.8) is 0 Å². The smallest absolute Gasteiger partial charge is 0.223 e. The topological polar surface area (TPSA) is 78.0 Å². The van der Waals surface area contributed by atoms with Gasteiger partial charge in [-0.2, -0.15) is 0 Å². The molecule has 0 N–H and O–H groups in total. The molecule has 10 nitrogen and oxygen atoms in total. The van der Waals surface area contributed by atoms with Gasteiger partial charge in [0.05, 0.1) is 66.2 Å². The van der Waals surface area contributed by atoms with E-state index in [0.717, 1.165) is 100 Å². The minimum Gasteiger partial charge on any atom is -0.276 e. The van der Waals surface area contributed by atoms with Crippen LogP contribution in [-0.4, -0.2) is 46.3 Å². The second-order valence-corrected chi connectivity index (χ2v) is 20.4. The van der Waals surface area contributed by atoms with Crippen molar-refractivity contribution in [2.45, 2.75) is 38.5 Å². The molecule has 0 unspecified atom stereocenters. The first kappa shape index (κ1) is 34.6. The molecule has 10 heteroatoms. The zero-order valence-corrected chi connectivity index (χ0v) is 37.3. The maximum absolute atomic E-state index is 5.64. The lowest BCUT2D eigenvalue weighted by atomic mass is 9.80. The van der Waals surface area contributed by atoms with Crippen LogP contribution in [0.1, 0.15) is 49.9 Å². The van der Waals surface area contributed by atoms with Crippen molar-refractivity contribution in [1.29, 1.82) is 0 Å². The molecule has 8 aromatic heterocycles. The van der Waals surface area contributed by atoms with Gasteiger partial charge in [0, 0.05) is 16.4 Å². The molecule has 0 amide bonds. The maximum atomic E-state index is 5.64. The van der Waals surface area contributed by atoms with E-state index in [1.165, 1.54) is 55.6 Å². The Morgan fingerprint density at radius 3 is 1.51 bits per heavy atom. The lowest BCUT2D eigenvalue weighted by Gasteiger charge is -2.23. The van der Waals surface area contributed by atoms with Gasteiger partial charge in [0.15, 0.2) is 0 Å². The summed E-state index contributed by atoms with van der Waals surface area (Å²) in [6.45, 7) is 9.54. The standard InChI is InChI=1S/C58H36N10/c1-57(2)34-24-23-29(27-32(34)47-35(57)25-26-38-49(47)65-44-21-11-19-42-51(44)67(55(65)61-38)53-59-36-15-7-9-17-40(36)63(42)53)31-28-39-50(48-46(31)30-13-5-6-14-33(30)58(48,3)4)66-45-22-12-20-43-52(45)68(56(66)62-39)54-60-37-16-8-10-18-41(37)64(43)54/h5-28H,1-4H3. The fraction of sp³-hybridized carbons (Fsp3) is 0.103. The molecule has 2 aliphatic carbocycles. The molecular formula is C58H36N10. The second kappa shape index (κ2) is 10.7. The number of imidazole rings is 8. The molecule has 0 spiro atoms. The van der Waals surface area contributed by atoms with Gasteiger partial charge in [-0.25, -0.2) is 28.7 Å². The molecule has 8 aromatic carbocycles. The number of hydrogen-bond donors (Lipinski definition) is 0. The minimum atomic E-state index is -0.307. The van der Waals surface area contributed by atoms with E-state index in [0.29, 0.717) is 0 Å². The first-order chi connectivity index (χ1) is 33.3. The molecule has 18 rings (SSSR count). The Kier molecular flexibility index (Phi) is 5.46. The van der Waals surface area contributed by atoms with Gasteiger partial charge >= 0.3 is 0 Å². The Labute approximate surface area is 384 Å². The summed E-state index contributed by atoms with van der Waals surface area (Å²) in [7, 11) is 0. The highest BCUT2D eigenvalue weighted by atomic mass is 15.3. The van der Waals surface area contributed by atoms with Crippen LogP contribution in [0.3, 0.4) is 0 Å². The van der Waals surface area contributed by atoms with Crippen molar-refractivity contribution in [2.75, 3.05) is 0 Å². The van der Waals surface area contributed by atoms with Crippen LogP contribution in [0.4, 0.5) is 0 Å². The minimum absolute atomic E-state index is 0.236. The SMILES string of the molecule is CC1(C)c2ccc(-c3cc4nc5n(c6cccc7c6n5c5nc6ccccc6n75)c4c4c3-c3ccccc3C4(C)C)cc2-c2c1ccc1nc3n(c4cccc5c4n3c3nc4ccccc4n53)c21. The highest BCUT2D eigenvalue weighted by molar-refractivity contribution is 6.11. The average Bonchev–Trinajstić information content (AvgIpc) is 4.23. The van der Waals surface area contributed by atoms with Gasteiger partial charge in [-0.15, -0.1) is 0 Å². The van der Waals surface area contributed by atoms with Crippen molar-refractivity contribution in [3.05, 3.63) is 168 Å². The molecule has 2 aliphatic rings. The third-order valence-corrected chi connectivity index (χ3v) is 16.4. The molecule has 0 atom stereocenters. The summed E-state index contributed by atoms with van der Waals surface area (Å²) in [6.07, 6.45) is 0. The maximum Gasteiger partial charge on any atom is 0.223 e. The van der Waals surface area contributed by atoms with Gasteiger partial charge in [-0.3, -0.25) is 17.6 Å². The van der Waals surface area contributed by atoms with Gasteiger partial charge in [-0.1, -0.05) is 107 Å². The number of para-hydroxylation sites is 6. The molecule has 318 valence electrons. The average molecular weight is 873 g/mol. The summed E-state index contributed by atoms with van der Waals surface area (Å²) >= 11 is 0. The van der Waals surface area contributed by atoms with Crippen molar-refractivity contribution < 1.29 is 0 Å². The van der Waals surface area contributed by atoms with Crippen LogP contribution >= 0.6 is 0 Å². The van der Waals surface area contributed by atoms with Gasteiger partial charge in [-0.05, 0) is 117 Å². The molecule has 0 saturated heterocycles. The monoisotopic (exact) mass is 872 g/mol. The Hall–Kier alpha value is -8.76. The highest BCUT2D eigenvalue weighted by Crippen LogP contribution is 2.57. The van der Waals surface area contributed by atoms with E-state index >= 15 is 0 Å². The number of hydrogen-bond acceptors (Lipinski definition) is 4. The van der Waals surface area contributed by atoms with Crippen molar-refractivity contribution in [1.82, 2.24) is 46.3 Å². The first-order valence-corrected chi connectivity index (χ1v) is 23.5. The first-order valence-electron chi connectivity index (χ1n) is 23.5. The molecule has 0 radical (unpaired) electrons.